The SMILES string of the molecule is NC(CO)c1ccccc1N1CCCC1. The van der Waals surface area contributed by atoms with Crippen LogP contribution in [0.25, 0.3) is 0 Å². The van der Waals surface area contributed by atoms with Crippen LogP contribution in [-0.4, -0.2) is 24.8 Å². The number of nitrogens with zero attached hydrogens (tertiary/aromatic N) is 1. The lowest BCUT2D eigenvalue weighted by Gasteiger charge is -2.23. The van der Waals surface area contributed by atoms with Gasteiger partial charge in [0.05, 0.1) is 12.6 Å². The summed E-state index contributed by atoms with van der Waals surface area (Å²) in [5, 5.41) is 9.11. The van der Waals surface area contributed by atoms with Crippen molar-refractivity contribution < 1.29 is 5.11 Å². The number of para-hydroxylation sites is 1. The first-order valence-corrected chi connectivity index (χ1v) is 5.53. The highest BCUT2D eigenvalue weighted by Gasteiger charge is 2.17. The minimum Gasteiger partial charge on any atom is -0.394 e. The summed E-state index contributed by atoms with van der Waals surface area (Å²) in [5.74, 6) is 0. The zero-order valence-electron chi connectivity index (χ0n) is 8.89. The molecule has 0 saturated carbocycles. The summed E-state index contributed by atoms with van der Waals surface area (Å²) in [6, 6.07) is 7.85. The largest absolute Gasteiger partial charge is 0.394 e. The van der Waals surface area contributed by atoms with E-state index in [1.165, 1.54) is 18.5 Å². The van der Waals surface area contributed by atoms with Crippen molar-refractivity contribution in [1.29, 1.82) is 0 Å². The molecule has 3 nitrogen and oxygen atoms in total. The maximum absolute atomic E-state index is 9.11. The Morgan fingerprint density at radius 1 is 1.27 bits per heavy atom. The van der Waals surface area contributed by atoms with E-state index < -0.39 is 0 Å². The molecule has 2 rings (SSSR count). The Labute approximate surface area is 90.5 Å². The Kier molecular flexibility index (Phi) is 3.23. The van der Waals surface area contributed by atoms with Gasteiger partial charge in [-0.1, -0.05) is 18.2 Å². The van der Waals surface area contributed by atoms with Crippen molar-refractivity contribution in [2.24, 2.45) is 5.73 Å². The van der Waals surface area contributed by atoms with Crippen molar-refractivity contribution in [3.63, 3.8) is 0 Å². The minimum atomic E-state index is -0.262. The molecule has 1 atom stereocenters. The van der Waals surface area contributed by atoms with Gasteiger partial charge in [-0.25, -0.2) is 0 Å². The van der Waals surface area contributed by atoms with Crippen LogP contribution in [0.2, 0.25) is 0 Å². The van der Waals surface area contributed by atoms with Gasteiger partial charge in [-0.2, -0.15) is 0 Å². The summed E-state index contributed by atoms with van der Waals surface area (Å²) in [6.07, 6.45) is 2.51. The number of benzene rings is 1. The van der Waals surface area contributed by atoms with E-state index in [0.717, 1.165) is 18.7 Å². The van der Waals surface area contributed by atoms with Crippen molar-refractivity contribution >= 4 is 5.69 Å². The molecule has 0 amide bonds. The molecule has 1 fully saturated rings. The second-order valence-electron chi connectivity index (χ2n) is 4.04. The molecule has 1 aliphatic heterocycles. The molecule has 1 aromatic rings. The monoisotopic (exact) mass is 206 g/mol. The molecule has 1 aromatic carbocycles. The van der Waals surface area contributed by atoms with E-state index >= 15 is 0 Å². The molecule has 82 valence electrons. The van der Waals surface area contributed by atoms with Gasteiger partial charge in [0.1, 0.15) is 0 Å². The maximum atomic E-state index is 9.11. The Bertz CT molecular complexity index is 321. The van der Waals surface area contributed by atoms with Gasteiger partial charge in [0, 0.05) is 18.8 Å². The molecular weight excluding hydrogens is 188 g/mol. The number of hydrogen-bond acceptors (Lipinski definition) is 3. The van der Waals surface area contributed by atoms with Crippen LogP contribution in [0, 0.1) is 0 Å². The quantitative estimate of drug-likeness (QED) is 0.783. The van der Waals surface area contributed by atoms with Crippen molar-refractivity contribution in [2.75, 3.05) is 24.6 Å². The predicted octanol–water partition coefficient (Wildman–Crippen LogP) is 1.28. The fraction of sp³-hybridized carbons (Fsp3) is 0.500. The molecule has 1 unspecified atom stereocenters. The first-order valence-electron chi connectivity index (χ1n) is 5.53. The molecule has 1 saturated heterocycles. The topological polar surface area (TPSA) is 49.5 Å². The lowest BCUT2D eigenvalue weighted by atomic mass is 10.1. The first kappa shape index (κ1) is 10.5. The van der Waals surface area contributed by atoms with Crippen molar-refractivity contribution in [3.8, 4) is 0 Å². The van der Waals surface area contributed by atoms with Gasteiger partial charge >= 0.3 is 0 Å². The van der Waals surface area contributed by atoms with Gasteiger partial charge in [-0.05, 0) is 24.5 Å². The summed E-state index contributed by atoms with van der Waals surface area (Å²) in [7, 11) is 0. The highest BCUT2D eigenvalue weighted by Crippen LogP contribution is 2.27. The molecule has 0 aromatic heterocycles. The van der Waals surface area contributed by atoms with Gasteiger partial charge < -0.3 is 15.7 Å². The van der Waals surface area contributed by atoms with Crippen LogP contribution in [0.4, 0.5) is 5.69 Å². The van der Waals surface area contributed by atoms with Gasteiger partial charge in [0.25, 0.3) is 0 Å². The van der Waals surface area contributed by atoms with Gasteiger partial charge in [0.15, 0.2) is 0 Å². The van der Waals surface area contributed by atoms with E-state index in [1.54, 1.807) is 0 Å². The molecule has 0 spiro atoms. The molecule has 1 heterocycles. The van der Waals surface area contributed by atoms with Crippen molar-refractivity contribution in [3.05, 3.63) is 29.8 Å². The van der Waals surface area contributed by atoms with Crippen LogP contribution in [0.15, 0.2) is 24.3 Å². The predicted molar refractivity (Wildman–Crippen MR) is 61.9 cm³/mol. The summed E-state index contributed by atoms with van der Waals surface area (Å²) in [6.45, 7) is 2.22. The lowest BCUT2D eigenvalue weighted by Crippen LogP contribution is -2.23. The lowest BCUT2D eigenvalue weighted by molar-refractivity contribution is 0.268. The number of aliphatic hydroxyl groups excluding tert-OH is 1. The fourth-order valence-corrected chi connectivity index (χ4v) is 2.15. The van der Waals surface area contributed by atoms with Gasteiger partial charge in [-0.15, -0.1) is 0 Å². The normalized spacial score (nSPS) is 18.1. The average Bonchev–Trinajstić information content (AvgIpc) is 2.81. The summed E-state index contributed by atoms with van der Waals surface area (Å²) in [4.78, 5) is 2.35. The minimum absolute atomic E-state index is 0.00481. The Morgan fingerprint density at radius 2 is 1.93 bits per heavy atom. The standard InChI is InChI=1S/C12H18N2O/c13-11(9-15)10-5-1-2-6-12(10)14-7-3-4-8-14/h1-2,5-6,11,15H,3-4,7-9,13H2. The highest BCUT2D eigenvalue weighted by molar-refractivity contribution is 5.55. The van der Waals surface area contributed by atoms with Crippen molar-refractivity contribution in [2.45, 2.75) is 18.9 Å². The van der Waals surface area contributed by atoms with Crippen LogP contribution >= 0.6 is 0 Å². The van der Waals surface area contributed by atoms with Crippen LogP contribution < -0.4 is 10.6 Å². The first-order chi connectivity index (χ1) is 7.33. The van der Waals surface area contributed by atoms with Crippen LogP contribution in [0.5, 0.6) is 0 Å². The van der Waals surface area contributed by atoms with Crippen LogP contribution in [0.3, 0.4) is 0 Å². The molecule has 1 aliphatic rings. The zero-order chi connectivity index (χ0) is 10.7. The second kappa shape index (κ2) is 4.64. The third kappa shape index (κ3) is 2.13. The number of hydrogen-bond donors (Lipinski definition) is 2. The molecular formula is C12H18N2O. The van der Waals surface area contributed by atoms with Crippen LogP contribution in [0.1, 0.15) is 24.4 Å². The smallest absolute Gasteiger partial charge is 0.0625 e. The summed E-state index contributed by atoms with van der Waals surface area (Å²) >= 11 is 0. The summed E-state index contributed by atoms with van der Waals surface area (Å²) in [5.41, 5.74) is 8.13. The van der Waals surface area contributed by atoms with Gasteiger partial charge in [-0.3, -0.25) is 0 Å². The van der Waals surface area contributed by atoms with E-state index in [1.807, 2.05) is 18.2 Å². The molecule has 0 aliphatic carbocycles. The number of nitrogens with two attached hydrogens (primary N) is 1. The van der Waals surface area contributed by atoms with E-state index in [-0.39, 0.29) is 12.6 Å². The van der Waals surface area contributed by atoms with Crippen molar-refractivity contribution in [1.82, 2.24) is 0 Å². The van der Waals surface area contributed by atoms with E-state index in [9.17, 15) is 0 Å². The highest BCUT2D eigenvalue weighted by atomic mass is 16.3. The molecule has 3 N–H and O–H groups in total. The molecule has 0 bridgehead atoms. The molecule has 15 heavy (non-hydrogen) atoms. The fourth-order valence-electron chi connectivity index (χ4n) is 2.15. The number of rotatable bonds is 3. The Morgan fingerprint density at radius 3 is 2.60 bits per heavy atom. The zero-order valence-corrected chi connectivity index (χ0v) is 8.89. The molecule has 3 heteroatoms. The van der Waals surface area contributed by atoms with Gasteiger partial charge in [0.2, 0.25) is 0 Å². The maximum Gasteiger partial charge on any atom is 0.0625 e. The van der Waals surface area contributed by atoms with E-state index in [4.69, 9.17) is 10.8 Å². The number of anilines is 1. The van der Waals surface area contributed by atoms with E-state index in [2.05, 4.69) is 11.0 Å². The summed E-state index contributed by atoms with van der Waals surface area (Å²) < 4.78 is 0. The Hall–Kier alpha value is -1.06. The Balaban J connectivity index is 2.28. The van der Waals surface area contributed by atoms with Crippen LogP contribution in [-0.2, 0) is 0 Å². The number of aliphatic hydroxyl groups is 1. The third-order valence-electron chi connectivity index (χ3n) is 2.98. The molecule has 0 radical (unpaired) electrons. The van der Waals surface area contributed by atoms with E-state index in [0.29, 0.717) is 0 Å². The third-order valence-corrected chi connectivity index (χ3v) is 2.98. The average molecular weight is 206 g/mol. The second-order valence-corrected chi connectivity index (χ2v) is 4.04.